The van der Waals surface area contributed by atoms with Crippen LogP contribution in [-0.2, 0) is 0 Å². The van der Waals surface area contributed by atoms with Gasteiger partial charge in [-0.1, -0.05) is 36.2 Å². The van der Waals surface area contributed by atoms with Gasteiger partial charge in [0.2, 0.25) is 0 Å². The predicted octanol–water partition coefficient (Wildman–Crippen LogP) is 5.67. The van der Waals surface area contributed by atoms with E-state index in [1.165, 1.54) is 23.0 Å². The summed E-state index contributed by atoms with van der Waals surface area (Å²) < 4.78 is 15.5. The Balaban J connectivity index is 1.74. The molecule has 0 fully saturated rings. The first-order valence-corrected chi connectivity index (χ1v) is 10.9. The van der Waals surface area contributed by atoms with Crippen molar-refractivity contribution < 1.29 is 4.39 Å². The number of H-pyrrole nitrogens is 1. The summed E-state index contributed by atoms with van der Waals surface area (Å²) in [5.74, 6) is 0.0422. The minimum absolute atomic E-state index is 0.261. The number of nitrogens with zero attached hydrogens (tertiary/aromatic N) is 4. The Kier molecular flexibility index (Phi) is 5.47. The lowest BCUT2D eigenvalue weighted by Gasteiger charge is -2.23. The predicted molar refractivity (Wildman–Crippen MR) is 128 cm³/mol. The maximum absolute atomic E-state index is 14.0. The average molecular weight is 483 g/mol. The third-order valence-corrected chi connectivity index (χ3v) is 6.20. The first-order valence-electron chi connectivity index (χ1n) is 10.2. The molecule has 5 rings (SSSR count). The zero-order valence-electron chi connectivity index (χ0n) is 17.3. The van der Waals surface area contributed by atoms with Gasteiger partial charge in [0, 0.05) is 5.69 Å². The van der Waals surface area contributed by atoms with Crippen molar-refractivity contribution in [3.8, 4) is 5.69 Å². The van der Waals surface area contributed by atoms with Gasteiger partial charge in [-0.05, 0) is 48.2 Å². The quantitative estimate of drug-likeness (QED) is 0.337. The van der Waals surface area contributed by atoms with Crippen molar-refractivity contribution in [1.82, 2.24) is 24.5 Å². The lowest BCUT2D eigenvalue weighted by Crippen LogP contribution is -2.26. The number of hydrogen-bond donors (Lipinski definition) is 2. The summed E-state index contributed by atoms with van der Waals surface area (Å²) in [5.41, 5.74) is 1.99. The minimum atomic E-state index is -0.486. The highest BCUT2D eigenvalue weighted by Crippen LogP contribution is 2.30. The minimum Gasteiger partial charge on any atom is -0.360 e. The Bertz CT molecular complexity index is 1560. The highest BCUT2D eigenvalue weighted by Gasteiger charge is 2.21. The fourth-order valence-corrected chi connectivity index (χ4v) is 4.16. The molecule has 0 unspecified atom stereocenters. The van der Waals surface area contributed by atoms with Crippen LogP contribution in [0.4, 0.5) is 10.2 Å². The van der Waals surface area contributed by atoms with Crippen molar-refractivity contribution >= 4 is 51.0 Å². The number of rotatable bonds is 5. The first kappa shape index (κ1) is 21.4. The van der Waals surface area contributed by atoms with Gasteiger partial charge in [0.05, 0.1) is 33.5 Å². The molecular weight excluding hydrogens is 466 g/mol. The molecule has 33 heavy (non-hydrogen) atoms. The molecule has 0 aliphatic rings. The summed E-state index contributed by atoms with van der Waals surface area (Å²) in [7, 11) is 0. The second-order valence-electron chi connectivity index (χ2n) is 7.47. The van der Waals surface area contributed by atoms with Gasteiger partial charge in [-0.25, -0.2) is 19.3 Å². The smallest absolute Gasteiger partial charge is 0.263 e. The summed E-state index contributed by atoms with van der Waals surface area (Å²) in [6.07, 6.45) is 3.59. The van der Waals surface area contributed by atoms with Crippen molar-refractivity contribution in [3.63, 3.8) is 0 Å². The third-order valence-electron chi connectivity index (χ3n) is 5.47. The fourth-order valence-electron chi connectivity index (χ4n) is 3.87. The van der Waals surface area contributed by atoms with Gasteiger partial charge in [0.1, 0.15) is 17.7 Å². The van der Waals surface area contributed by atoms with Crippen molar-refractivity contribution in [2.75, 3.05) is 5.32 Å². The van der Waals surface area contributed by atoms with Crippen molar-refractivity contribution in [2.45, 2.75) is 19.4 Å². The molecule has 2 aromatic carbocycles. The van der Waals surface area contributed by atoms with Gasteiger partial charge in [0.25, 0.3) is 5.56 Å². The molecule has 166 valence electrons. The topological polar surface area (TPSA) is 88.5 Å². The van der Waals surface area contributed by atoms with E-state index < -0.39 is 5.82 Å². The molecule has 10 heteroatoms. The summed E-state index contributed by atoms with van der Waals surface area (Å²) in [6.45, 7) is 1.99. The number of fused-ring (bicyclic) bond motifs is 2. The van der Waals surface area contributed by atoms with Crippen LogP contribution in [0.25, 0.3) is 27.6 Å². The van der Waals surface area contributed by atoms with Crippen LogP contribution in [0.2, 0.25) is 10.0 Å². The second-order valence-corrected chi connectivity index (χ2v) is 8.28. The fraction of sp³-hybridized carbons (Fsp3) is 0.130. The molecule has 0 aliphatic heterocycles. The van der Waals surface area contributed by atoms with Crippen molar-refractivity contribution in [1.29, 1.82) is 0 Å². The van der Waals surface area contributed by atoms with Crippen LogP contribution in [0.15, 0.2) is 59.9 Å². The second kappa shape index (κ2) is 8.46. The van der Waals surface area contributed by atoms with E-state index in [-0.39, 0.29) is 17.0 Å². The monoisotopic (exact) mass is 482 g/mol. The van der Waals surface area contributed by atoms with Gasteiger partial charge in [-0.3, -0.25) is 9.36 Å². The van der Waals surface area contributed by atoms with E-state index in [4.69, 9.17) is 23.2 Å². The van der Waals surface area contributed by atoms with Crippen LogP contribution in [0, 0.1) is 5.82 Å². The summed E-state index contributed by atoms with van der Waals surface area (Å²) in [5, 5.41) is 4.95. The lowest BCUT2D eigenvalue weighted by molar-refractivity contribution is 0.629. The average Bonchev–Trinajstić information content (AvgIpc) is 3.29. The van der Waals surface area contributed by atoms with Crippen LogP contribution in [0.1, 0.15) is 25.1 Å². The van der Waals surface area contributed by atoms with E-state index in [1.807, 2.05) is 13.0 Å². The number of pyridine rings is 1. The number of hydrogen-bond acceptors (Lipinski definition) is 5. The van der Waals surface area contributed by atoms with Gasteiger partial charge in [0.15, 0.2) is 11.5 Å². The van der Waals surface area contributed by atoms with Crippen LogP contribution in [0.3, 0.4) is 0 Å². The molecule has 0 spiro atoms. The van der Waals surface area contributed by atoms with Crippen LogP contribution in [-0.4, -0.2) is 24.5 Å². The van der Waals surface area contributed by atoms with E-state index in [0.717, 1.165) is 0 Å². The number of halogens is 3. The van der Waals surface area contributed by atoms with E-state index >= 15 is 0 Å². The van der Waals surface area contributed by atoms with E-state index in [2.05, 4.69) is 25.3 Å². The van der Waals surface area contributed by atoms with Gasteiger partial charge in [-0.15, -0.1) is 0 Å². The van der Waals surface area contributed by atoms with Crippen molar-refractivity contribution in [2.24, 2.45) is 0 Å². The molecule has 1 atom stereocenters. The molecule has 0 saturated carbocycles. The Morgan fingerprint density at radius 3 is 2.73 bits per heavy atom. The highest BCUT2D eigenvalue weighted by atomic mass is 35.5. The standard InChI is InChI=1S/C23H17Cl2FN6O/c1-2-18(31-22-20-21(28-10-27-20)29-11-30-22)19-7-12-3-4-13(26)8-15(12)23(33)32(19)14-5-6-16(24)17(25)9-14/h3-11,18H,2H2,1H3,(H2,27,28,29,30,31)/t18-/m0/s1. The van der Waals surface area contributed by atoms with Crippen LogP contribution in [0.5, 0.6) is 0 Å². The van der Waals surface area contributed by atoms with Gasteiger partial charge >= 0.3 is 0 Å². The Morgan fingerprint density at radius 1 is 1.09 bits per heavy atom. The van der Waals surface area contributed by atoms with Crippen LogP contribution < -0.4 is 10.9 Å². The van der Waals surface area contributed by atoms with Gasteiger partial charge < -0.3 is 10.3 Å². The first-order chi connectivity index (χ1) is 16.0. The SMILES string of the molecule is CC[C@H](Nc1ncnc2[nH]cnc12)c1cc2ccc(F)cc2c(=O)n1-c1ccc(Cl)c(Cl)c1. The zero-order chi connectivity index (χ0) is 23.1. The number of aromatic amines is 1. The Labute approximate surface area is 197 Å². The lowest BCUT2D eigenvalue weighted by atomic mass is 10.0. The van der Waals surface area contributed by atoms with E-state index in [9.17, 15) is 9.18 Å². The molecule has 5 aromatic rings. The maximum Gasteiger partial charge on any atom is 0.263 e. The molecule has 0 amide bonds. The third kappa shape index (κ3) is 3.81. The number of anilines is 1. The highest BCUT2D eigenvalue weighted by molar-refractivity contribution is 6.42. The van der Waals surface area contributed by atoms with Crippen LogP contribution >= 0.6 is 23.2 Å². The molecule has 3 heterocycles. The molecule has 2 N–H and O–H groups in total. The number of nitrogens with one attached hydrogen (secondary N) is 2. The zero-order valence-corrected chi connectivity index (χ0v) is 18.8. The molecule has 3 aromatic heterocycles. The largest absolute Gasteiger partial charge is 0.360 e. The number of benzene rings is 2. The summed E-state index contributed by atoms with van der Waals surface area (Å²) in [6, 6.07) is 10.6. The molecular formula is C23H17Cl2FN6O. The molecule has 0 bridgehead atoms. The number of aromatic nitrogens is 5. The van der Waals surface area contributed by atoms with Crippen molar-refractivity contribution in [3.05, 3.63) is 87.0 Å². The molecule has 0 saturated heterocycles. The summed E-state index contributed by atoms with van der Waals surface area (Å²) in [4.78, 5) is 29.3. The van der Waals surface area contributed by atoms with Gasteiger partial charge in [-0.2, -0.15) is 0 Å². The molecule has 0 radical (unpaired) electrons. The Hall–Kier alpha value is -3.49. The Morgan fingerprint density at radius 2 is 1.94 bits per heavy atom. The molecule has 0 aliphatic carbocycles. The van der Waals surface area contributed by atoms with E-state index in [0.29, 0.717) is 50.2 Å². The van der Waals surface area contributed by atoms with E-state index in [1.54, 1.807) is 30.6 Å². The molecule has 7 nitrogen and oxygen atoms in total. The summed E-state index contributed by atoms with van der Waals surface area (Å²) >= 11 is 12.4. The number of imidazole rings is 1. The normalized spacial score (nSPS) is 12.4. The maximum atomic E-state index is 14.0.